The van der Waals surface area contributed by atoms with Crippen molar-refractivity contribution < 1.29 is 5.11 Å². The Morgan fingerprint density at radius 1 is 1.22 bits per heavy atom. The highest BCUT2D eigenvalue weighted by atomic mass is 79.9. The average Bonchev–Trinajstić information content (AvgIpc) is 2.32. The highest BCUT2D eigenvalue weighted by Gasteiger charge is 2.21. The zero-order valence-electron chi connectivity index (χ0n) is 10.5. The molecule has 1 aromatic carbocycles. The Hall–Kier alpha value is 0.1000. The first-order valence-corrected chi connectivity index (χ1v) is 8.04. The fourth-order valence-electron chi connectivity index (χ4n) is 2.54. The molecular formula is C14H19Br2NO. The molecule has 1 unspecified atom stereocenters. The number of halogens is 2. The van der Waals surface area contributed by atoms with E-state index in [2.05, 4.69) is 62.3 Å². The molecule has 2 N–H and O–H groups in total. The average molecular weight is 377 g/mol. The molecule has 2 rings (SSSR count). The molecule has 1 saturated carbocycles. The summed E-state index contributed by atoms with van der Waals surface area (Å²) in [6, 6.07) is 7.15. The minimum Gasteiger partial charge on any atom is -0.393 e. The summed E-state index contributed by atoms with van der Waals surface area (Å²) in [6.45, 7) is 2.19. The van der Waals surface area contributed by atoms with Crippen LogP contribution in [0.4, 0.5) is 0 Å². The quantitative estimate of drug-likeness (QED) is 0.829. The first kappa shape index (κ1) is 14.5. The number of aliphatic hydroxyl groups excluding tert-OH is 1. The molecule has 100 valence electrons. The van der Waals surface area contributed by atoms with Gasteiger partial charge in [-0.1, -0.05) is 37.9 Å². The van der Waals surface area contributed by atoms with Gasteiger partial charge in [-0.2, -0.15) is 0 Å². The van der Waals surface area contributed by atoms with Crippen molar-refractivity contribution in [2.75, 3.05) is 0 Å². The molecule has 0 saturated heterocycles. The van der Waals surface area contributed by atoms with Crippen molar-refractivity contribution in [3.63, 3.8) is 0 Å². The van der Waals surface area contributed by atoms with Crippen molar-refractivity contribution in [2.45, 2.75) is 50.8 Å². The Morgan fingerprint density at radius 2 is 1.89 bits per heavy atom. The third kappa shape index (κ3) is 3.80. The zero-order chi connectivity index (χ0) is 13.1. The Kier molecular flexibility index (Phi) is 5.24. The van der Waals surface area contributed by atoms with E-state index in [1.807, 2.05) is 0 Å². The second kappa shape index (κ2) is 6.51. The van der Waals surface area contributed by atoms with Crippen molar-refractivity contribution >= 4 is 31.9 Å². The van der Waals surface area contributed by atoms with Crippen molar-refractivity contribution in [1.29, 1.82) is 0 Å². The molecule has 2 nitrogen and oxygen atoms in total. The molecule has 1 aromatic rings. The van der Waals surface area contributed by atoms with Crippen molar-refractivity contribution in [3.8, 4) is 0 Å². The molecule has 1 aliphatic rings. The molecule has 1 aliphatic carbocycles. The largest absolute Gasteiger partial charge is 0.393 e. The van der Waals surface area contributed by atoms with Crippen molar-refractivity contribution in [2.24, 2.45) is 0 Å². The Morgan fingerprint density at radius 3 is 2.50 bits per heavy atom. The van der Waals surface area contributed by atoms with Crippen LogP contribution in [0.15, 0.2) is 27.1 Å². The van der Waals surface area contributed by atoms with Crippen LogP contribution < -0.4 is 5.32 Å². The summed E-state index contributed by atoms with van der Waals surface area (Å²) in [5.74, 6) is 0. The van der Waals surface area contributed by atoms with E-state index in [1.165, 1.54) is 5.56 Å². The number of benzene rings is 1. The summed E-state index contributed by atoms with van der Waals surface area (Å²) in [5, 5.41) is 13.2. The van der Waals surface area contributed by atoms with Gasteiger partial charge in [-0.3, -0.25) is 0 Å². The van der Waals surface area contributed by atoms with E-state index in [1.54, 1.807) is 0 Å². The van der Waals surface area contributed by atoms with E-state index in [9.17, 15) is 5.11 Å². The third-order valence-corrected chi connectivity index (χ3v) is 4.79. The van der Waals surface area contributed by atoms with E-state index in [0.29, 0.717) is 12.1 Å². The highest BCUT2D eigenvalue weighted by Crippen LogP contribution is 2.28. The molecule has 0 aliphatic heterocycles. The van der Waals surface area contributed by atoms with Gasteiger partial charge in [0.1, 0.15) is 0 Å². The molecule has 0 spiro atoms. The smallest absolute Gasteiger partial charge is 0.0541 e. The van der Waals surface area contributed by atoms with Crippen LogP contribution in [0, 0.1) is 0 Å². The summed E-state index contributed by atoms with van der Waals surface area (Å²) < 4.78 is 2.22. The molecule has 1 atom stereocenters. The van der Waals surface area contributed by atoms with E-state index in [4.69, 9.17) is 0 Å². The monoisotopic (exact) mass is 375 g/mol. The lowest BCUT2D eigenvalue weighted by Gasteiger charge is -2.29. The molecule has 4 heteroatoms. The maximum absolute atomic E-state index is 9.51. The minimum atomic E-state index is -0.0854. The SMILES string of the molecule is CC(NC1CCC(O)CC1)c1ccc(Br)cc1Br. The Balaban J connectivity index is 1.97. The predicted octanol–water partition coefficient (Wildman–Crippen LogP) is 4.17. The highest BCUT2D eigenvalue weighted by molar-refractivity contribution is 9.11. The summed E-state index contributed by atoms with van der Waals surface area (Å²) in [7, 11) is 0. The first-order chi connectivity index (χ1) is 8.56. The summed E-state index contributed by atoms with van der Waals surface area (Å²) in [4.78, 5) is 0. The molecule has 18 heavy (non-hydrogen) atoms. The van der Waals surface area contributed by atoms with E-state index in [0.717, 1.165) is 34.6 Å². The van der Waals surface area contributed by atoms with Crippen LogP contribution in [-0.2, 0) is 0 Å². The van der Waals surface area contributed by atoms with Gasteiger partial charge in [0.05, 0.1) is 6.10 Å². The third-order valence-electron chi connectivity index (χ3n) is 3.61. The van der Waals surface area contributed by atoms with Crippen molar-refractivity contribution in [1.82, 2.24) is 5.32 Å². The lowest BCUT2D eigenvalue weighted by atomic mass is 9.92. The number of hydrogen-bond acceptors (Lipinski definition) is 2. The number of hydrogen-bond donors (Lipinski definition) is 2. The number of rotatable bonds is 3. The Bertz CT molecular complexity index is 403. The molecule has 0 heterocycles. The fraction of sp³-hybridized carbons (Fsp3) is 0.571. The molecule has 0 radical (unpaired) electrons. The second-order valence-electron chi connectivity index (χ2n) is 5.06. The topological polar surface area (TPSA) is 32.3 Å². The van der Waals surface area contributed by atoms with Crippen LogP contribution >= 0.6 is 31.9 Å². The number of nitrogens with one attached hydrogen (secondary N) is 1. The number of aliphatic hydroxyl groups is 1. The molecule has 1 fully saturated rings. The van der Waals surface area contributed by atoms with Gasteiger partial charge in [0.2, 0.25) is 0 Å². The van der Waals surface area contributed by atoms with Crippen LogP contribution in [0.5, 0.6) is 0 Å². The van der Waals surface area contributed by atoms with Gasteiger partial charge in [0.15, 0.2) is 0 Å². The Labute approximate surface area is 125 Å². The van der Waals surface area contributed by atoms with Gasteiger partial charge >= 0.3 is 0 Å². The lowest BCUT2D eigenvalue weighted by Crippen LogP contribution is -2.36. The second-order valence-corrected chi connectivity index (χ2v) is 6.83. The van der Waals surface area contributed by atoms with Crippen LogP contribution in [0.25, 0.3) is 0 Å². The van der Waals surface area contributed by atoms with Gasteiger partial charge < -0.3 is 10.4 Å². The van der Waals surface area contributed by atoms with Gasteiger partial charge in [-0.15, -0.1) is 0 Å². The van der Waals surface area contributed by atoms with Gasteiger partial charge in [-0.05, 0) is 50.3 Å². The lowest BCUT2D eigenvalue weighted by molar-refractivity contribution is 0.114. The van der Waals surface area contributed by atoms with Crippen LogP contribution in [0.1, 0.15) is 44.2 Å². The fourth-order valence-corrected chi connectivity index (χ4v) is 3.93. The maximum Gasteiger partial charge on any atom is 0.0541 e. The summed E-state index contributed by atoms with van der Waals surface area (Å²) in [6.07, 6.45) is 3.90. The van der Waals surface area contributed by atoms with Crippen LogP contribution in [0.2, 0.25) is 0 Å². The predicted molar refractivity (Wildman–Crippen MR) is 81.7 cm³/mol. The van der Waals surface area contributed by atoms with E-state index < -0.39 is 0 Å². The van der Waals surface area contributed by atoms with Crippen LogP contribution in [-0.4, -0.2) is 17.3 Å². The van der Waals surface area contributed by atoms with Gasteiger partial charge in [-0.25, -0.2) is 0 Å². The summed E-state index contributed by atoms with van der Waals surface area (Å²) in [5.41, 5.74) is 1.28. The van der Waals surface area contributed by atoms with E-state index >= 15 is 0 Å². The van der Waals surface area contributed by atoms with Crippen LogP contribution in [0.3, 0.4) is 0 Å². The molecular weight excluding hydrogens is 358 g/mol. The summed E-state index contributed by atoms with van der Waals surface area (Å²) >= 11 is 7.08. The molecule has 0 aromatic heterocycles. The molecule has 0 amide bonds. The van der Waals surface area contributed by atoms with Gasteiger partial charge in [0, 0.05) is 21.0 Å². The standard InChI is InChI=1S/C14H19Br2NO/c1-9(13-7-2-10(15)8-14(13)16)17-11-3-5-12(18)6-4-11/h2,7-9,11-12,17-18H,3-6H2,1H3. The van der Waals surface area contributed by atoms with E-state index in [-0.39, 0.29) is 6.10 Å². The van der Waals surface area contributed by atoms with Crippen molar-refractivity contribution in [3.05, 3.63) is 32.7 Å². The zero-order valence-corrected chi connectivity index (χ0v) is 13.7. The minimum absolute atomic E-state index is 0.0854. The first-order valence-electron chi connectivity index (χ1n) is 6.45. The molecule has 0 bridgehead atoms. The normalized spacial score (nSPS) is 26.0. The van der Waals surface area contributed by atoms with Gasteiger partial charge in [0.25, 0.3) is 0 Å². The maximum atomic E-state index is 9.51.